The zero-order valence-corrected chi connectivity index (χ0v) is 12.6. The molecule has 0 fully saturated rings. The number of nitrogens with two attached hydrogens (primary N) is 1. The maximum absolute atomic E-state index is 6.33. The minimum atomic E-state index is 0.529. The van der Waals surface area contributed by atoms with Crippen molar-refractivity contribution in [2.45, 2.75) is 26.6 Å². The maximum Gasteiger partial charge on any atom is 0.0454 e. The second kappa shape index (κ2) is 7.44. The molecule has 0 amide bonds. The van der Waals surface area contributed by atoms with Crippen molar-refractivity contribution < 1.29 is 0 Å². The van der Waals surface area contributed by atoms with Crippen molar-refractivity contribution in [1.29, 1.82) is 0 Å². The number of benzene rings is 2. The van der Waals surface area contributed by atoms with Crippen molar-refractivity contribution >= 4 is 11.6 Å². The van der Waals surface area contributed by atoms with Gasteiger partial charge in [-0.05, 0) is 29.3 Å². The first-order chi connectivity index (χ1) is 9.72. The number of hydrogen-bond donors (Lipinski definition) is 1. The van der Waals surface area contributed by atoms with Gasteiger partial charge in [0, 0.05) is 24.7 Å². The molecule has 0 heterocycles. The monoisotopic (exact) mass is 288 g/mol. The molecule has 0 radical (unpaired) electrons. The van der Waals surface area contributed by atoms with E-state index < -0.39 is 0 Å². The number of nitrogens with zero attached hydrogens (tertiary/aromatic N) is 1. The van der Waals surface area contributed by atoms with Crippen LogP contribution in [0.4, 0.5) is 0 Å². The molecule has 2 aromatic carbocycles. The lowest BCUT2D eigenvalue weighted by Crippen LogP contribution is -2.22. The number of rotatable bonds is 6. The molecule has 0 spiro atoms. The van der Waals surface area contributed by atoms with Crippen molar-refractivity contribution in [2.24, 2.45) is 5.73 Å². The Morgan fingerprint density at radius 2 is 1.75 bits per heavy atom. The van der Waals surface area contributed by atoms with Gasteiger partial charge in [-0.3, -0.25) is 4.90 Å². The van der Waals surface area contributed by atoms with Gasteiger partial charge >= 0.3 is 0 Å². The zero-order chi connectivity index (χ0) is 14.4. The summed E-state index contributed by atoms with van der Waals surface area (Å²) in [7, 11) is 0. The summed E-state index contributed by atoms with van der Waals surface area (Å²) in [5, 5.41) is 0.805. The predicted molar refractivity (Wildman–Crippen MR) is 85.6 cm³/mol. The van der Waals surface area contributed by atoms with Crippen LogP contribution in [0.1, 0.15) is 23.6 Å². The van der Waals surface area contributed by atoms with E-state index in [-0.39, 0.29) is 0 Å². The van der Waals surface area contributed by atoms with Crippen LogP contribution >= 0.6 is 11.6 Å². The average Bonchev–Trinajstić information content (AvgIpc) is 2.49. The Hall–Kier alpha value is -1.35. The highest BCUT2D eigenvalue weighted by Gasteiger charge is 2.08. The fourth-order valence-electron chi connectivity index (χ4n) is 2.21. The molecule has 106 valence electrons. The summed E-state index contributed by atoms with van der Waals surface area (Å²) in [5.41, 5.74) is 9.18. The van der Waals surface area contributed by atoms with Crippen molar-refractivity contribution in [2.75, 3.05) is 6.54 Å². The summed E-state index contributed by atoms with van der Waals surface area (Å²) in [4.78, 5) is 2.37. The van der Waals surface area contributed by atoms with E-state index in [1.54, 1.807) is 0 Å². The van der Waals surface area contributed by atoms with E-state index in [2.05, 4.69) is 48.2 Å². The molecule has 2 rings (SSSR count). The van der Waals surface area contributed by atoms with Gasteiger partial charge in [0.1, 0.15) is 0 Å². The van der Waals surface area contributed by atoms with Gasteiger partial charge in [0.05, 0.1) is 0 Å². The molecule has 0 saturated carbocycles. The van der Waals surface area contributed by atoms with E-state index in [0.717, 1.165) is 35.8 Å². The molecule has 0 aliphatic rings. The standard InChI is InChI=1S/C17H21ClN2/c1-2-20(12-14-6-4-3-5-7-14)13-16-9-8-15(11-19)10-17(16)18/h3-10H,2,11-13,19H2,1H3. The van der Waals surface area contributed by atoms with Crippen LogP contribution in [0, 0.1) is 0 Å². The minimum absolute atomic E-state index is 0.529. The molecule has 0 aromatic heterocycles. The lowest BCUT2D eigenvalue weighted by atomic mass is 10.1. The fourth-order valence-corrected chi connectivity index (χ4v) is 2.47. The molecule has 2 nitrogen and oxygen atoms in total. The van der Waals surface area contributed by atoms with Gasteiger partial charge in [0.15, 0.2) is 0 Å². The largest absolute Gasteiger partial charge is 0.326 e. The molecule has 0 unspecified atom stereocenters. The molecule has 3 heteroatoms. The quantitative estimate of drug-likeness (QED) is 0.875. The third-order valence-electron chi connectivity index (χ3n) is 3.44. The van der Waals surface area contributed by atoms with Gasteiger partial charge in [-0.15, -0.1) is 0 Å². The molecule has 0 saturated heterocycles. The molecule has 2 N–H and O–H groups in total. The van der Waals surface area contributed by atoms with Gasteiger partial charge in [-0.25, -0.2) is 0 Å². The van der Waals surface area contributed by atoms with Gasteiger partial charge in [-0.1, -0.05) is 61.0 Å². The van der Waals surface area contributed by atoms with E-state index in [1.807, 2.05) is 12.1 Å². The Morgan fingerprint density at radius 3 is 2.35 bits per heavy atom. The summed E-state index contributed by atoms with van der Waals surface area (Å²) < 4.78 is 0. The van der Waals surface area contributed by atoms with Gasteiger partial charge in [0.25, 0.3) is 0 Å². The molecule has 0 aliphatic heterocycles. The van der Waals surface area contributed by atoms with Crippen molar-refractivity contribution in [3.05, 3.63) is 70.2 Å². The highest BCUT2D eigenvalue weighted by Crippen LogP contribution is 2.20. The molecule has 0 aliphatic carbocycles. The number of halogens is 1. The van der Waals surface area contributed by atoms with Gasteiger partial charge in [0.2, 0.25) is 0 Å². The van der Waals surface area contributed by atoms with Gasteiger partial charge < -0.3 is 5.73 Å². The van der Waals surface area contributed by atoms with Crippen LogP contribution in [-0.2, 0) is 19.6 Å². The molecule has 0 atom stereocenters. The minimum Gasteiger partial charge on any atom is -0.326 e. The maximum atomic E-state index is 6.33. The van der Waals surface area contributed by atoms with Crippen LogP contribution in [0.2, 0.25) is 5.02 Å². The van der Waals surface area contributed by atoms with E-state index in [9.17, 15) is 0 Å². The topological polar surface area (TPSA) is 29.3 Å². The second-order valence-corrected chi connectivity index (χ2v) is 5.33. The van der Waals surface area contributed by atoms with Crippen molar-refractivity contribution in [3.63, 3.8) is 0 Å². The predicted octanol–water partition coefficient (Wildman–Crippen LogP) is 3.82. The van der Waals surface area contributed by atoms with Crippen LogP contribution in [0.25, 0.3) is 0 Å². The molecule has 20 heavy (non-hydrogen) atoms. The van der Waals surface area contributed by atoms with Crippen LogP contribution < -0.4 is 5.73 Å². The summed E-state index contributed by atoms with van der Waals surface area (Å²) in [5.74, 6) is 0. The summed E-state index contributed by atoms with van der Waals surface area (Å²) in [6.07, 6.45) is 0. The zero-order valence-electron chi connectivity index (χ0n) is 11.8. The van der Waals surface area contributed by atoms with E-state index in [1.165, 1.54) is 5.56 Å². The van der Waals surface area contributed by atoms with Gasteiger partial charge in [-0.2, -0.15) is 0 Å². The third-order valence-corrected chi connectivity index (χ3v) is 3.80. The summed E-state index contributed by atoms with van der Waals surface area (Å²) >= 11 is 6.33. The van der Waals surface area contributed by atoms with Crippen LogP contribution in [-0.4, -0.2) is 11.4 Å². The highest BCUT2D eigenvalue weighted by molar-refractivity contribution is 6.31. The van der Waals surface area contributed by atoms with Crippen LogP contribution in [0.5, 0.6) is 0 Å². The first kappa shape index (κ1) is 15.0. The van der Waals surface area contributed by atoms with E-state index in [0.29, 0.717) is 6.54 Å². The highest BCUT2D eigenvalue weighted by atomic mass is 35.5. The Morgan fingerprint density at radius 1 is 1.00 bits per heavy atom. The first-order valence-electron chi connectivity index (χ1n) is 6.96. The second-order valence-electron chi connectivity index (χ2n) is 4.92. The summed E-state index contributed by atoms with van der Waals surface area (Å²) in [6.45, 7) is 5.48. The average molecular weight is 289 g/mol. The van der Waals surface area contributed by atoms with Crippen molar-refractivity contribution in [1.82, 2.24) is 4.90 Å². The van der Waals surface area contributed by atoms with Crippen molar-refractivity contribution in [3.8, 4) is 0 Å². The van der Waals surface area contributed by atoms with E-state index >= 15 is 0 Å². The van der Waals surface area contributed by atoms with Crippen LogP contribution in [0.15, 0.2) is 48.5 Å². The third kappa shape index (κ3) is 4.07. The Kier molecular flexibility index (Phi) is 5.60. The van der Waals surface area contributed by atoms with E-state index in [4.69, 9.17) is 17.3 Å². The Balaban J connectivity index is 2.06. The summed E-state index contributed by atoms with van der Waals surface area (Å²) in [6, 6.07) is 16.6. The first-order valence-corrected chi connectivity index (χ1v) is 7.34. The Labute approximate surface area is 126 Å². The number of hydrogen-bond acceptors (Lipinski definition) is 2. The smallest absolute Gasteiger partial charge is 0.0454 e. The Bertz CT molecular complexity index is 540. The molecular formula is C17H21ClN2. The fraction of sp³-hybridized carbons (Fsp3) is 0.294. The van der Waals surface area contributed by atoms with Crippen LogP contribution in [0.3, 0.4) is 0 Å². The SMILES string of the molecule is CCN(Cc1ccccc1)Cc1ccc(CN)cc1Cl. The molecule has 2 aromatic rings. The molecule has 0 bridgehead atoms. The lowest BCUT2D eigenvalue weighted by molar-refractivity contribution is 0.271. The lowest BCUT2D eigenvalue weighted by Gasteiger charge is -2.21. The normalized spacial score (nSPS) is 11.0. The molecular weight excluding hydrogens is 268 g/mol.